The number of hydrogen-bond donors (Lipinski definition) is 1. The summed E-state index contributed by atoms with van der Waals surface area (Å²) in [4.78, 5) is 39.6. The van der Waals surface area contributed by atoms with Crippen LogP contribution in [0.1, 0.15) is 26.7 Å². The number of amides is 3. The van der Waals surface area contributed by atoms with Gasteiger partial charge in [0.15, 0.2) is 0 Å². The lowest BCUT2D eigenvalue weighted by molar-refractivity contribution is -0.140. The molecule has 7 nitrogen and oxygen atoms in total. The molecule has 2 rings (SSSR count). The van der Waals surface area contributed by atoms with Gasteiger partial charge >= 0.3 is 0 Å². The number of methoxy groups -OCH3 is 1. The predicted octanol–water partition coefficient (Wildman–Crippen LogP) is 1.18. The Hall–Kier alpha value is -2.57. The molecule has 0 radical (unpaired) electrons. The maximum Gasteiger partial charge on any atom is 0.246 e. The fourth-order valence-corrected chi connectivity index (χ4v) is 2.91. The molecular formula is C18H25N3O4. The van der Waals surface area contributed by atoms with Gasteiger partial charge in [-0.2, -0.15) is 0 Å². The minimum absolute atomic E-state index is 0.0185. The topological polar surface area (TPSA) is 79.0 Å². The van der Waals surface area contributed by atoms with Gasteiger partial charge in [-0.25, -0.2) is 0 Å². The van der Waals surface area contributed by atoms with Crippen LogP contribution in [-0.4, -0.2) is 55.4 Å². The number of nitrogens with one attached hydrogen (secondary N) is 1. The van der Waals surface area contributed by atoms with Crippen LogP contribution in [0.15, 0.2) is 24.3 Å². The van der Waals surface area contributed by atoms with Gasteiger partial charge in [-0.1, -0.05) is 13.3 Å². The zero-order valence-electron chi connectivity index (χ0n) is 14.9. The number of ether oxygens (including phenoxy) is 1. The highest BCUT2D eigenvalue weighted by Crippen LogP contribution is 2.21. The molecule has 136 valence electrons. The Labute approximate surface area is 147 Å². The van der Waals surface area contributed by atoms with E-state index in [0.29, 0.717) is 19.5 Å². The minimum Gasteiger partial charge on any atom is -0.497 e. The SMILES string of the molecule is CCC[C@@H](NC(C)=O)C(=O)N1CCN(c2ccc(OC)cc2)C(=O)C1. The number of rotatable bonds is 6. The third-order valence-electron chi connectivity index (χ3n) is 4.17. The van der Waals surface area contributed by atoms with Gasteiger partial charge in [-0.15, -0.1) is 0 Å². The number of anilines is 1. The molecule has 0 aliphatic carbocycles. The van der Waals surface area contributed by atoms with Crippen molar-refractivity contribution in [2.45, 2.75) is 32.7 Å². The molecule has 1 aliphatic rings. The molecule has 0 aromatic heterocycles. The molecule has 25 heavy (non-hydrogen) atoms. The number of piperazine rings is 1. The average molecular weight is 347 g/mol. The summed E-state index contributed by atoms with van der Waals surface area (Å²) in [6.45, 7) is 4.23. The van der Waals surface area contributed by atoms with Crippen LogP contribution in [0.4, 0.5) is 5.69 Å². The van der Waals surface area contributed by atoms with E-state index in [9.17, 15) is 14.4 Å². The van der Waals surface area contributed by atoms with Gasteiger partial charge < -0.3 is 19.9 Å². The summed E-state index contributed by atoms with van der Waals surface area (Å²) < 4.78 is 5.12. The van der Waals surface area contributed by atoms with Gasteiger partial charge in [0.1, 0.15) is 18.3 Å². The van der Waals surface area contributed by atoms with Crippen LogP contribution in [0.3, 0.4) is 0 Å². The molecule has 1 fully saturated rings. The van der Waals surface area contributed by atoms with Crippen molar-refractivity contribution < 1.29 is 19.1 Å². The molecule has 1 saturated heterocycles. The lowest BCUT2D eigenvalue weighted by atomic mass is 10.1. The van der Waals surface area contributed by atoms with Crippen molar-refractivity contribution in [1.82, 2.24) is 10.2 Å². The van der Waals surface area contributed by atoms with Crippen molar-refractivity contribution in [2.75, 3.05) is 31.6 Å². The first-order valence-electron chi connectivity index (χ1n) is 8.46. The molecule has 1 N–H and O–H groups in total. The van der Waals surface area contributed by atoms with Crippen molar-refractivity contribution >= 4 is 23.4 Å². The van der Waals surface area contributed by atoms with Gasteiger partial charge in [0.05, 0.1) is 7.11 Å². The molecule has 0 bridgehead atoms. The average Bonchev–Trinajstić information content (AvgIpc) is 2.60. The Kier molecular flexibility index (Phi) is 6.38. The minimum atomic E-state index is -0.567. The highest BCUT2D eigenvalue weighted by Gasteiger charge is 2.31. The number of nitrogens with zero attached hydrogens (tertiary/aromatic N) is 2. The fraction of sp³-hybridized carbons (Fsp3) is 0.500. The molecule has 0 unspecified atom stereocenters. The fourth-order valence-electron chi connectivity index (χ4n) is 2.91. The Bertz CT molecular complexity index is 630. The van der Waals surface area contributed by atoms with Crippen molar-refractivity contribution in [1.29, 1.82) is 0 Å². The number of carbonyl (C=O) groups is 3. The summed E-state index contributed by atoms with van der Waals surface area (Å²) >= 11 is 0. The van der Waals surface area contributed by atoms with Crippen molar-refractivity contribution in [2.24, 2.45) is 0 Å². The Balaban J connectivity index is 2.02. The predicted molar refractivity (Wildman–Crippen MR) is 94.4 cm³/mol. The summed E-state index contributed by atoms with van der Waals surface area (Å²) in [5.41, 5.74) is 0.782. The van der Waals surface area contributed by atoms with E-state index in [1.807, 2.05) is 19.1 Å². The maximum atomic E-state index is 12.6. The molecule has 7 heteroatoms. The summed E-state index contributed by atoms with van der Waals surface area (Å²) in [5.74, 6) is 0.153. The van der Waals surface area contributed by atoms with Crippen LogP contribution in [0.5, 0.6) is 5.75 Å². The van der Waals surface area contributed by atoms with Gasteiger partial charge in [0, 0.05) is 25.7 Å². The lowest BCUT2D eigenvalue weighted by Crippen LogP contribution is -2.57. The Morgan fingerprint density at radius 1 is 1.24 bits per heavy atom. The van der Waals surface area contributed by atoms with E-state index in [0.717, 1.165) is 17.9 Å². The van der Waals surface area contributed by atoms with Crippen LogP contribution < -0.4 is 15.0 Å². The highest BCUT2D eigenvalue weighted by molar-refractivity contribution is 5.99. The zero-order chi connectivity index (χ0) is 18.4. The molecule has 1 heterocycles. The standard InChI is InChI=1S/C18H25N3O4/c1-4-5-16(19-13(2)22)18(24)20-10-11-21(17(23)12-20)14-6-8-15(25-3)9-7-14/h6-9,16H,4-5,10-12H2,1-3H3,(H,19,22)/t16-/m1/s1. The second-order valence-electron chi connectivity index (χ2n) is 6.04. The summed E-state index contributed by atoms with van der Waals surface area (Å²) in [5, 5.41) is 2.68. The summed E-state index contributed by atoms with van der Waals surface area (Å²) in [6.07, 6.45) is 1.34. The largest absolute Gasteiger partial charge is 0.497 e. The molecule has 1 aromatic carbocycles. The Morgan fingerprint density at radius 3 is 2.44 bits per heavy atom. The van der Waals surface area contributed by atoms with Crippen molar-refractivity contribution in [3.63, 3.8) is 0 Å². The van der Waals surface area contributed by atoms with Gasteiger partial charge in [-0.3, -0.25) is 14.4 Å². The Morgan fingerprint density at radius 2 is 1.92 bits per heavy atom. The smallest absolute Gasteiger partial charge is 0.246 e. The van der Waals surface area contributed by atoms with Crippen LogP contribution in [0, 0.1) is 0 Å². The quantitative estimate of drug-likeness (QED) is 0.838. The number of hydrogen-bond acceptors (Lipinski definition) is 4. The summed E-state index contributed by atoms with van der Waals surface area (Å²) in [7, 11) is 1.59. The molecule has 1 aromatic rings. The number of benzene rings is 1. The van der Waals surface area contributed by atoms with Gasteiger partial charge in [0.25, 0.3) is 0 Å². The van der Waals surface area contributed by atoms with E-state index in [-0.39, 0.29) is 24.3 Å². The monoisotopic (exact) mass is 347 g/mol. The first-order chi connectivity index (χ1) is 12.0. The summed E-state index contributed by atoms with van der Waals surface area (Å²) in [6, 6.07) is 6.68. The molecule has 1 aliphatic heterocycles. The lowest BCUT2D eigenvalue weighted by Gasteiger charge is -2.36. The van der Waals surface area contributed by atoms with Crippen LogP contribution in [0.25, 0.3) is 0 Å². The maximum absolute atomic E-state index is 12.6. The van der Waals surface area contributed by atoms with Crippen LogP contribution in [0.2, 0.25) is 0 Å². The van der Waals surface area contributed by atoms with E-state index in [2.05, 4.69) is 5.32 Å². The molecule has 0 saturated carbocycles. The van der Waals surface area contributed by atoms with E-state index in [1.165, 1.54) is 11.8 Å². The van der Waals surface area contributed by atoms with Crippen LogP contribution >= 0.6 is 0 Å². The molecule has 3 amide bonds. The van der Waals surface area contributed by atoms with Crippen molar-refractivity contribution in [3.05, 3.63) is 24.3 Å². The first-order valence-corrected chi connectivity index (χ1v) is 8.46. The third-order valence-corrected chi connectivity index (χ3v) is 4.17. The molecule has 0 spiro atoms. The van der Waals surface area contributed by atoms with E-state index in [1.54, 1.807) is 24.1 Å². The van der Waals surface area contributed by atoms with E-state index >= 15 is 0 Å². The van der Waals surface area contributed by atoms with E-state index in [4.69, 9.17) is 4.74 Å². The molecule has 1 atom stereocenters. The van der Waals surface area contributed by atoms with Crippen molar-refractivity contribution in [3.8, 4) is 5.75 Å². The van der Waals surface area contributed by atoms with E-state index < -0.39 is 6.04 Å². The third kappa shape index (κ3) is 4.71. The zero-order valence-corrected chi connectivity index (χ0v) is 14.9. The first kappa shape index (κ1) is 18.8. The van der Waals surface area contributed by atoms with Crippen LogP contribution in [-0.2, 0) is 14.4 Å². The second-order valence-corrected chi connectivity index (χ2v) is 6.04. The molecular weight excluding hydrogens is 322 g/mol. The van der Waals surface area contributed by atoms with Gasteiger partial charge in [0.2, 0.25) is 17.7 Å². The second kappa shape index (κ2) is 8.50. The normalized spacial score (nSPS) is 15.7. The number of carbonyl (C=O) groups excluding carboxylic acids is 3. The highest BCUT2D eigenvalue weighted by atomic mass is 16.5. The van der Waals surface area contributed by atoms with Gasteiger partial charge in [-0.05, 0) is 30.7 Å².